The highest BCUT2D eigenvalue weighted by Crippen LogP contribution is 2.35. The summed E-state index contributed by atoms with van der Waals surface area (Å²) >= 11 is 0. The van der Waals surface area contributed by atoms with Gasteiger partial charge in [-0.05, 0) is 73.7 Å². The Morgan fingerprint density at radius 2 is 1.95 bits per heavy atom. The molecule has 1 aromatic rings. The smallest absolute Gasteiger partial charge is 0.0369 e. The van der Waals surface area contributed by atoms with Gasteiger partial charge in [-0.3, -0.25) is 0 Å². The zero-order valence-electron chi connectivity index (χ0n) is 14.3. The maximum Gasteiger partial charge on any atom is 0.0369 e. The van der Waals surface area contributed by atoms with Crippen molar-refractivity contribution >= 4 is 5.69 Å². The van der Waals surface area contributed by atoms with E-state index < -0.39 is 0 Å². The highest BCUT2D eigenvalue weighted by molar-refractivity contribution is 5.51. The van der Waals surface area contributed by atoms with Crippen LogP contribution in [0, 0.1) is 18.3 Å². The van der Waals surface area contributed by atoms with Gasteiger partial charge in [0, 0.05) is 18.8 Å². The van der Waals surface area contributed by atoms with Crippen molar-refractivity contribution in [2.45, 2.75) is 53.4 Å². The van der Waals surface area contributed by atoms with Crippen LogP contribution < -0.4 is 10.6 Å². The Kier molecular flexibility index (Phi) is 5.32. The van der Waals surface area contributed by atoms with Gasteiger partial charge in [0.05, 0.1) is 0 Å². The number of aryl methyl sites for hydroxylation is 1. The molecule has 1 aliphatic rings. The highest BCUT2D eigenvalue weighted by Gasteiger charge is 2.27. The standard InChI is InChI=1S/C19H32N2/c1-15-14-18(8-7-16(15)9-11-20)21-12-5-6-17(10-13-21)19(2,3)4/h7-8,14,17H,5-6,9-13,20H2,1-4H3. The van der Waals surface area contributed by atoms with Crippen LogP contribution in [-0.4, -0.2) is 19.6 Å². The third kappa shape index (κ3) is 4.23. The van der Waals surface area contributed by atoms with E-state index in [-0.39, 0.29) is 0 Å². The molecule has 0 radical (unpaired) electrons. The summed E-state index contributed by atoms with van der Waals surface area (Å²) in [5, 5.41) is 0. The lowest BCUT2D eigenvalue weighted by Gasteiger charge is -2.30. The summed E-state index contributed by atoms with van der Waals surface area (Å²) < 4.78 is 0. The van der Waals surface area contributed by atoms with E-state index in [1.54, 1.807) is 0 Å². The van der Waals surface area contributed by atoms with Crippen LogP contribution in [0.2, 0.25) is 0 Å². The molecule has 1 aliphatic heterocycles. The van der Waals surface area contributed by atoms with Gasteiger partial charge in [0.1, 0.15) is 0 Å². The van der Waals surface area contributed by atoms with Crippen LogP contribution in [0.25, 0.3) is 0 Å². The average molecular weight is 288 g/mol. The molecule has 0 saturated carbocycles. The van der Waals surface area contributed by atoms with Gasteiger partial charge in [-0.1, -0.05) is 26.8 Å². The predicted molar refractivity (Wildman–Crippen MR) is 92.9 cm³/mol. The molecular formula is C19H32N2. The summed E-state index contributed by atoms with van der Waals surface area (Å²) in [7, 11) is 0. The van der Waals surface area contributed by atoms with E-state index in [0.717, 1.165) is 18.9 Å². The molecular weight excluding hydrogens is 256 g/mol. The van der Waals surface area contributed by atoms with Crippen molar-refractivity contribution in [1.29, 1.82) is 0 Å². The van der Waals surface area contributed by atoms with Gasteiger partial charge in [-0.15, -0.1) is 0 Å². The lowest BCUT2D eigenvalue weighted by atomic mass is 9.77. The average Bonchev–Trinajstić information content (AvgIpc) is 2.66. The topological polar surface area (TPSA) is 29.3 Å². The molecule has 1 aromatic carbocycles. The van der Waals surface area contributed by atoms with E-state index >= 15 is 0 Å². The van der Waals surface area contributed by atoms with Gasteiger partial charge in [0.25, 0.3) is 0 Å². The highest BCUT2D eigenvalue weighted by atomic mass is 15.1. The summed E-state index contributed by atoms with van der Waals surface area (Å²) in [5.41, 5.74) is 10.3. The predicted octanol–water partition coefficient (Wildman–Crippen LogP) is 4.15. The fraction of sp³-hybridized carbons (Fsp3) is 0.684. The number of anilines is 1. The second kappa shape index (κ2) is 6.83. The summed E-state index contributed by atoms with van der Waals surface area (Å²) in [5.74, 6) is 0.847. The quantitative estimate of drug-likeness (QED) is 0.905. The number of hydrogen-bond donors (Lipinski definition) is 1. The number of nitrogens with zero attached hydrogens (tertiary/aromatic N) is 1. The zero-order chi connectivity index (χ0) is 15.5. The van der Waals surface area contributed by atoms with Crippen LogP contribution in [0.3, 0.4) is 0 Å². The first-order valence-electron chi connectivity index (χ1n) is 8.46. The Morgan fingerprint density at radius 3 is 2.57 bits per heavy atom. The number of rotatable bonds is 3. The van der Waals surface area contributed by atoms with Gasteiger partial charge in [-0.25, -0.2) is 0 Å². The molecule has 1 saturated heterocycles. The van der Waals surface area contributed by atoms with Crippen LogP contribution >= 0.6 is 0 Å². The van der Waals surface area contributed by atoms with Crippen LogP contribution in [0.1, 0.15) is 51.2 Å². The lowest BCUT2D eigenvalue weighted by Crippen LogP contribution is -2.26. The molecule has 2 nitrogen and oxygen atoms in total. The Hall–Kier alpha value is -1.02. The first-order chi connectivity index (χ1) is 9.91. The molecule has 0 amide bonds. The van der Waals surface area contributed by atoms with E-state index in [1.807, 2.05) is 0 Å². The van der Waals surface area contributed by atoms with Gasteiger partial charge in [-0.2, -0.15) is 0 Å². The normalized spacial score (nSPS) is 20.4. The largest absolute Gasteiger partial charge is 0.372 e. The molecule has 21 heavy (non-hydrogen) atoms. The van der Waals surface area contributed by atoms with E-state index in [4.69, 9.17) is 5.73 Å². The maximum absolute atomic E-state index is 5.68. The number of hydrogen-bond acceptors (Lipinski definition) is 2. The lowest BCUT2D eigenvalue weighted by molar-refractivity contribution is 0.220. The molecule has 2 rings (SSSR count). The third-order valence-electron chi connectivity index (χ3n) is 5.06. The van der Waals surface area contributed by atoms with Gasteiger partial charge in [0.2, 0.25) is 0 Å². The number of nitrogens with two attached hydrogens (primary N) is 1. The summed E-state index contributed by atoms with van der Waals surface area (Å²) in [6.07, 6.45) is 4.97. The second-order valence-electron chi connectivity index (χ2n) is 7.63. The van der Waals surface area contributed by atoms with Crippen molar-refractivity contribution in [1.82, 2.24) is 0 Å². The SMILES string of the molecule is Cc1cc(N2CCCC(C(C)(C)C)CC2)ccc1CCN. The van der Waals surface area contributed by atoms with Crippen LogP contribution in [0.5, 0.6) is 0 Å². The van der Waals surface area contributed by atoms with Gasteiger partial charge in [0.15, 0.2) is 0 Å². The Balaban J connectivity index is 2.07. The van der Waals surface area contributed by atoms with Gasteiger partial charge < -0.3 is 10.6 Å². The van der Waals surface area contributed by atoms with Crippen molar-refractivity contribution in [3.63, 3.8) is 0 Å². The first-order valence-corrected chi connectivity index (χ1v) is 8.46. The van der Waals surface area contributed by atoms with Crippen molar-refractivity contribution in [3.05, 3.63) is 29.3 Å². The van der Waals surface area contributed by atoms with Crippen molar-refractivity contribution in [2.24, 2.45) is 17.1 Å². The molecule has 1 unspecified atom stereocenters. The fourth-order valence-electron chi connectivity index (χ4n) is 3.53. The van der Waals surface area contributed by atoms with Crippen LogP contribution in [-0.2, 0) is 6.42 Å². The van der Waals surface area contributed by atoms with E-state index in [9.17, 15) is 0 Å². The Bertz CT molecular complexity index is 459. The molecule has 0 spiro atoms. The zero-order valence-corrected chi connectivity index (χ0v) is 14.3. The molecule has 1 atom stereocenters. The molecule has 1 fully saturated rings. The number of benzene rings is 1. The molecule has 0 aliphatic carbocycles. The summed E-state index contributed by atoms with van der Waals surface area (Å²) in [6.45, 7) is 12.5. The third-order valence-corrected chi connectivity index (χ3v) is 5.06. The first kappa shape index (κ1) is 16.4. The molecule has 0 bridgehead atoms. The monoisotopic (exact) mass is 288 g/mol. The molecule has 0 aromatic heterocycles. The molecule has 2 N–H and O–H groups in total. The van der Waals surface area contributed by atoms with E-state index in [0.29, 0.717) is 5.41 Å². The maximum atomic E-state index is 5.68. The summed E-state index contributed by atoms with van der Waals surface area (Å²) in [4.78, 5) is 2.57. The molecule has 118 valence electrons. The minimum atomic E-state index is 0.441. The minimum Gasteiger partial charge on any atom is -0.372 e. The van der Waals surface area contributed by atoms with Crippen molar-refractivity contribution < 1.29 is 0 Å². The van der Waals surface area contributed by atoms with Crippen molar-refractivity contribution in [2.75, 3.05) is 24.5 Å². The fourth-order valence-corrected chi connectivity index (χ4v) is 3.53. The van der Waals surface area contributed by atoms with Gasteiger partial charge >= 0.3 is 0 Å². The van der Waals surface area contributed by atoms with Crippen LogP contribution in [0.15, 0.2) is 18.2 Å². The Morgan fingerprint density at radius 1 is 1.19 bits per heavy atom. The Labute approximate surface area is 130 Å². The molecule has 2 heteroatoms. The second-order valence-corrected chi connectivity index (χ2v) is 7.63. The summed E-state index contributed by atoms with van der Waals surface area (Å²) in [6, 6.07) is 6.90. The van der Waals surface area contributed by atoms with E-state index in [2.05, 4.69) is 50.8 Å². The molecule has 1 heterocycles. The van der Waals surface area contributed by atoms with E-state index in [1.165, 1.54) is 49.2 Å². The van der Waals surface area contributed by atoms with Crippen LogP contribution in [0.4, 0.5) is 5.69 Å². The van der Waals surface area contributed by atoms with Crippen molar-refractivity contribution in [3.8, 4) is 0 Å². The minimum absolute atomic E-state index is 0.441.